The molecule has 4 aromatic rings. The first-order chi connectivity index (χ1) is 17.7. The van der Waals surface area contributed by atoms with Crippen molar-refractivity contribution in [1.29, 1.82) is 0 Å². The molecule has 0 bridgehead atoms. The van der Waals surface area contributed by atoms with Crippen molar-refractivity contribution in [2.75, 3.05) is 30.3 Å². The Morgan fingerprint density at radius 1 is 1.14 bits per heavy atom. The maximum atomic E-state index is 13.1. The molecule has 194 valence electrons. The van der Waals surface area contributed by atoms with E-state index in [9.17, 15) is 9.59 Å². The summed E-state index contributed by atoms with van der Waals surface area (Å²) < 4.78 is 3.43. The molecule has 0 spiro atoms. The fourth-order valence-corrected chi connectivity index (χ4v) is 5.63. The van der Waals surface area contributed by atoms with Gasteiger partial charge >= 0.3 is 6.03 Å². The van der Waals surface area contributed by atoms with Crippen molar-refractivity contribution in [3.05, 3.63) is 48.3 Å². The van der Waals surface area contributed by atoms with Gasteiger partial charge in [-0.15, -0.1) is 11.3 Å². The Bertz CT molecular complexity index is 1450. The maximum Gasteiger partial charge on any atom is 0.319 e. The molecule has 1 aliphatic heterocycles. The van der Waals surface area contributed by atoms with Crippen LogP contribution in [-0.2, 0) is 7.05 Å². The van der Waals surface area contributed by atoms with E-state index in [2.05, 4.69) is 49.9 Å². The predicted octanol–water partition coefficient (Wildman–Crippen LogP) is 3.75. The molecule has 12 heteroatoms. The highest BCUT2D eigenvalue weighted by atomic mass is 32.1. The van der Waals surface area contributed by atoms with E-state index in [4.69, 9.17) is 0 Å². The molecule has 11 nitrogen and oxygen atoms in total. The minimum absolute atomic E-state index is 0.177. The molecule has 3 N–H and O–H groups in total. The van der Waals surface area contributed by atoms with Crippen molar-refractivity contribution in [2.45, 2.75) is 39.2 Å². The number of pyridine rings is 1. The van der Waals surface area contributed by atoms with E-state index in [-0.39, 0.29) is 17.5 Å². The fourth-order valence-electron chi connectivity index (χ4n) is 4.60. The SMILES string of the molecule is Cc1ncc(NC(=O)NCCN2CCCC2(C)C)cc1NC(=O)c1cnn2cc(-c3cnn(C)c3)sc12. The number of nitrogens with zero attached hydrogens (tertiary/aromatic N) is 6. The monoisotopic (exact) mass is 521 g/mol. The van der Waals surface area contributed by atoms with Gasteiger partial charge in [0.25, 0.3) is 5.91 Å². The number of carbonyl (C=O) groups is 2. The summed E-state index contributed by atoms with van der Waals surface area (Å²) in [6, 6.07) is 1.40. The van der Waals surface area contributed by atoms with Crippen LogP contribution in [-0.4, -0.2) is 66.4 Å². The van der Waals surface area contributed by atoms with Crippen LogP contribution in [0.15, 0.2) is 37.1 Å². The normalized spacial score (nSPS) is 15.2. The zero-order valence-electron chi connectivity index (χ0n) is 21.4. The van der Waals surface area contributed by atoms with Gasteiger partial charge in [0.15, 0.2) is 0 Å². The lowest BCUT2D eigenvalue weighted by molar-refractivity contribution is 0.102. The van der Waals surface area contributed by atoms with Crippen LogP contribution in [0.3, 0.4) is 0 Å². The highest BCUT2D eigenvalue weighted by molar-refractivity contribution is 7.21. The smallest absolute Gasteiger partial charge is 0.319 e. The largest absolute Gasteiger partial charge is 0.337 e. The number of anilines is 2. The molecule has 1 saturated heterocycles. The lowest BCUT2D eigenvalue weighted by Crippen LogP contribution is -2.43. The lowest BCUT2D eigenvalue weighted by Gasteiger charge is -2.31. The Hall–Kier alpha value is -3.77. The fraction of sp³-hybridized carbons (Fsp3) is 0.400. The highest BCUT2D eigenvalue weighted by Gasteiger charge is 2.31. The van der Waals surface area contributed by atoms with Gasteiger partial charge in [0, 0.05) is 43.6 Å². The van der Waals surface area contributed by atoms with E-state index in [0.717, 1.165) is 28.4 Å². The molecular weight excluding hydrogens is 490 g/mol. The van der Waals surface area contributed by atoms with Crippen molar-refractivity contribution >= 4 is 39.5 Å². The van der Waals surface area contributed by atoms with Gasteiger partial charge in [-0.2, -0.15) is 10.2 Å². The Balaban J connectivity index is 1.22. The number of aryl methyl sites for hydroxylation is 2. The lowest BCUT2D eigenvalue weighted by atomic mass is 10.0. The molecule has 0 saturated carbocycles. The van der Waals surface area contributed by atoms with Gasteiger partial charge < -0.3 is 16.0 Å². The molecule has 37 heavy (non-hydrogen) atoms. The minimum Gasteiger partial charge on any atom is -0.337 e. The van der Waals surface area contributed by atoms with E-state index in [0.29, 0.717) is 29.2 Å². The molecule has 0 unspecified atom stereocenters. The minimum atomic E-state index is -0.306. The average molecular weight is 522 g/mol. The zero-order chi connectivity index (χ0) is 26.2. The van der Waals surface area contributed by atoms with E-state index >= 15 is 0 Å². The number of fused-ring (bicyclic) bond motifs is 1. The van der Waals surface area contributed by atoms with Crippen LogP contribution < -0.4 is 16.0 Å². The molecule has 0 aromatic carbocycles. The molecule has 0 radical (unpaired) electrons. The van der Waals surface area contributed by atoms with Gasteiger partial charge in [-0.3, -0.25) is 19.4 Å². The second-order valence-electron chi connectivity index (χ2n) is 9.90. The van der Waals surface area contributed by atoms with E-state index in [1.54, 1.807) is 40.8 Å². The van der Waals surface area contributed by atoms with E-state index < -0.39 is 0 Å². The first-order valence-electron chi connectivity index (χ1n) is 12.2. The summed E-state index contributed by atoms with van der Waals surface area (Å²) in [5.41, 5.74) is 3.25. The summed E-state index contributed by atoms with van der Waals surface area (Å²) >= 11 is 1.47. The molecule has 3 amide bonds. The number of aromatic nitrogens is 5. The number of amides is 3. The van der Waals surface area contributed by atoms with Gasteiger partial charge in [0.05, 0.1) is 46.1 Å². The topological polar surface area (TPSA) is 121 Å². The molecule has 1 fully saturated rings. The number of nitrogens with one attached hydrogen (secondary N) is 3. The number of likely N-dealkylation sites (tertiary alicyclic amines) is 1. The molecule has 0 aliphatic carbocycles. The molecule has 1 aliphatic rings. The molecule has 5 rings (SSSR count). The second kappa shape index (κ2) is 9.94. The first-order valence-corrected chi connectivity index (χ1v) is 13.1. The molecule has 4 aromatic heterocycles. The number of carbonyl (C=O) groups excluding carboxylic acids is 2. The zero-order valence-corrected chi connectivity index (χ0v) is 22.2. The summed E-state index contributed by atoms with van der Waals surface area (Å²) in [5.74, 6) is -0.297. The van der Waals surface area contributed by atoms with Gasteiger partial charge in [-0.25, -0.2) is 9.31 Å². The van der Waals surface area contributed by atoms with Crippen LogP contribution in [0.4, 0.5) is 16.2 Å². The van der Waals surface area contributed by atoms with Gasteiger partial charge in [-0.05, 0) is 46.2 Å². The second-order valence-corrected chi connectivity index (χ2v) is 10.9. The Labute approximate surface area is 218 Å². The Morgan fingerprint density at radius 2 is 1.97 bits per heavy atom. The number of urea groups is 1. The van der Waals surface area contributed by atoms with Gasteiger partial charge in [0.2, 0.25) is 0 Å². The quantitative estimate of drug-likeness (QED) is 0.341. The number of rotatable bonds is 7. The van der Waals surface area contributed by atoms with Crippen LogP contribution in [0.5, 0.6) is 0 Å². The third-order valence-corrected chi connectivity index (χ3v) is 7.92. The highest BCUT2D eigenvalue weighted by Crippen LogP contribution is 2.31. The van der Waals surface area contributed by atoms with Crippen LogP contribution in [0.1, 0.15) is 42.7 Å². The van der Waals surface area contributed by atoms with Crippen molar-refractivity contribution in [3.63, 3.8) is 0 Å². The van der Waals surface area contributed by atoms with Crippen molar-refractivity contribution in [1.82, 2.24) is 34.6 Å². The summed E-state index contributed by atoms with van der Waals surface area (Å²) in [6.07, 6.45) is 11.1. The summed E-state index contributed by atoms with van der Waals surface area (Å²) in [7, 11) is 1.86. The summed E-state index contributed by atoms with van der Waals surface area (Å²) in [4.78, 5) is 34.0. The number of hydrogen-bond acceptors (Lipinski definition) is 7. The van der Waals surface area contributed by atoms with Gasteiger partial charge in [0.1, 0.15) is 4.83 Å². The third kappa shape index (κ3) is 5.35. The van der Waals surface area contributed by atoms with Crippen LogP contribution >= 0.6 is 11.3 Å². The summed E-state index contributed by atoms with van der Waals surface area (Å²) in [6.45, 7) is 8.69. The third-order valence-electron chi connectivity index (χ3n) is 6.76. The van der Waals surface area contributed by atoms with Crippen molar-refractivity contribution in [3.8, 4) is 10.4 Å². The van der Waals surface area contributed by atoms with E-state index in [1.807, 2.05) is 19.4 Å². The molecule has 0 atom stereocenters. The molecular formula is C25H31N9O2S. The van der Waals surface area contributed by atoms with Gasteiger partial charge in [-0.1, -0.05) is 0 Å². The number of thiazole rings is 1. The summed E-state index contributed by atoms with van der Waals surface area (Å²) in [5, 5.41) is 17.2. The van der Waals surface area contributed by atoms with Crippen molar-refractivity contribution < 1.29 is 9.59 Å². The average Bonchev–Trinajstić information content (AvgIpc) is 3.60. The van der Waals surface area contributed by atoms with Crippen LogP contribution in [0.2, 0.25) is 0 Å². The first kappa shape index (κ1) is 24.9. The van der Waals surface area contributed by atoms with Crippen LogP contribution in [0.25, 0.3) is 15.3 Å². The predicted molar refractivity (Wildman–Crippen MR) is 144 cm³/mol. The maximum absolute atomic E-state index is 13.1. The standard InChI is InChI=1S/C25H31N9O2S/c1-16-20(10-18(12-27-16)30-24(36)26-7-9-33-8-5-6-25(33,2)3)31-22(35)19-13-29-34-15-21(37-23(19)34)17-11-28-32(4)14-17/h10-15H,5-9H2,1-4H3,(H,31,35)(H2,26,30,36). The van der Waals surface area contributed by atoms with E-state index in [1.165, 1.54) is 24.2 Å². The Morgan fingerprint density at radius 3 is 2.70 bits per heavy atom. The Kier molecular flexibility index (Phi) is 6.69. The molecule has 5 heterocycles. The number of hydrogen-bond donors (Lipinski definition) is 3. The van der Waals surface area contributed by atoms with Crippen molar-refractivity contribution in [2.24, 2.45) is 7.05 Å². The van der Waals surface area contributed by atoms with Crippen LogP contribution in [0, 0.1) is 6.92 Å².